The zero-order valence-electron chi connectivity index (χ0n) is 9.27. The van der Waals surface area contributed by atoms with E-state index < -0.39 is 5.97 Å². The van der Waals surface area contributed by atoms with Crippen molar-refractivity contribution in [2.75, 3.05) is 0 Å². The number of aryl methyl sites for hydroxylation is 1. The van der Waals surface area contributed by atoms with Gasteiger partial charge >= 0.3 is 5.97 Å². The van der Waals surface area contributed by atoms with Crippen LogP contribution in [0.25, 0.3) is 0 Å². The lowest BCUT2D eigenvalue weighted by Crippen LogP contribution is -2.08. The Bertz CT molecular complexity index is 429. The molecule has 0 aliphatic heterocycles. The van der Waals surface area contributed by atoms with Gasteiger partial charge in [-0.2, -0.15) is 0 Å². The highest BCUT2D eigenvalue weighted by molar-refractivity contribution is 5.89. The van der Waals surface area contributed by atoms with Crippen LogP contribution in [0.4, 0.5) is 0 Å². The van der Waals surface area contributed by atoms with Crippen LogP contribution < -0.4 is 0 Å². The summed E-state index contributed by atoms with van der Waals surface area (Å²) in [4.78, 5) is 22.0. The Hall–Kier alpha value is -1.58. The average Bonchev–Trinajstić information content (AvgIpc) is 2.95. The molecule has 0 unspecified atom stereocenters. The van der Waals surface area contributed by atoms with Gasteiger partial charge in [0, 0.05) is 30.8 Å². The van der Waals surface area contributed by atoms with Crippen molar-refractivity contribution < 1.29 is 14.7 Å². The normalized spacial score (nSPS) is 15.1. The van der Waals surface area contributed by atoms with Crippen LogP contribution in [0.5, 0.6) is 0 Å². The van der Waals surface area contributed by atoms with Crippen LogP contribution in [-0.2, 0) is 11.3 Å². The monoisotopic (exact) mass is 221 g/mol. The third-order valence-corrected chi connectivity index (χ3v) is 2.91. The maximum Gasteiger partial charge on any atom is 0.337 e. The first-order valence-corrected chi connectivity index (χ1v) is 5.51. The average molecular weight is 221 g/mol. The van der Waals surface area contributed by atoms with Crippen LogP contribution >= 0.6 is 0 Å². The standard InChI is InChI=1S/C12H15NO3/c1-8(14)4-6-13-7-5-10(12(15)16)11(13)9-2-3-9/h5,7,9H,2-4,6H2,1H3,(H,15,16). The maximum absolute atomic E-state index is 11.0. The van der Waals surface area contributed by atoms with Crippen molar-refractivity contribution in [2.24, 2.45) is 0 Å². The quantitative estimate of drug-likeness (QED) is 0.827. The van der Waals surface area contributed by atoms with E-state index in [2.05, 4.69) is 0 Å². The largest absolute Gasteiger partial charge is 0.478 e. The van der Waals surface area contributed by atoms with Crippen LogP contribution in [-0.4, -0.2) is 21.4 Å². The predicted molar refractivity (Wildman–Crippen MR) is 58.7 cm³/mol. The van der Waals surface area contributed by atoms with Crippen LogP contribution in [0.1, 0.15) is 48.2 Å². The Labute approximate surface area is 93.9 Å². The Morgan fingerprint density at radius 2 is 2.19 bits per heavy atom. The lowest BCUT2D eigenvalue weighted by molar-refractivity contribution is -0.117. The van der Waals surface area contributed by atoms with E-state index in [0.717, 1.165) is 18.5 Å². The molecule has 0 atom stereocenters. The summed E-state index contributed by atoms with van der Waals surface area (Å²) < 4.78 is 1.92. The number of nitrogens with zero attached hydrogens (tertiary/aromatic N) is 1. The van der Waals surface area contributed by atoms with Gasteiger partial charge in [0.25, 0.3) is 0 Å². The van der Waals surface area contributed by atoms with Gasteiger partial charge in [-0.3, -0.25) is 4.79 Å². The molecule has 1 aliphatic carbocycles. The fourth-order valence-electron chi connectivity index (χ4n) is 1.95. The number of hydrogen-bond acceptors (Lipinski definition) is 2. The second-order valence-electron chi connectivity index (χ2n) is 4.34. The zero-order chi connectivity index (χ0) is 11.7. The zero-order valence-corrected chi connectivity index (χ0v) is 9.27. The molecule has 0 bridgehead atoms. The third kappa shape index (κ3) is 2.15. The minimum Gasteiger partial charge on any atom is -0.478 e. The molecule has 4 heteroatoms. The first-order chi connectivity index (χ1) is 7.59. The number of aromatic carboxylic acids is 1. The van der Waals surface area contributed by atoms with E-state index >= 15 is 0 Å². The van der Waals surface area contributed by atoms with Crippen molar-refractivity contribution in [1.82, 2.24) is 4.57 Å². The van der Waals surface area contributed by atoms with Gasteiger partial charge in [0.15, 0.2) is 0 Å². The summed E-state index contributed by atoms with van der Waals surface area (Å²) in [6, 6.07) is 1.64. The number of ketones is 1. The van der Waals surface area contributed by atoms with E-state index in [1.807, 2.05) is 4.57 Å². The third-order valence-electron chi connectivity index (χ3n) is 2.91. The first kappa shape index (κ1) is 10.9. The minimum atomic E-state index is -0.872. The molecule has 2 rings (SSSR count). The lowest BCUT2D eigenvalue weighted by Gasteiger charge is -2.08. The number of aromatic nitrogens is 1. The molecule has 0 radical (unpaired) electrons. The van der Waals surface area contributed by atoms with Crippen molar-refractivity contribution in [1.29, 1.82) is 0 Å². The van der Waals surface area contributed by atoms with Gasteiger partial charge in [-0.05, 0) is 25.8 Å². The van der Waals surface area contributed by atoms with Gasteiger partial charge < -0.3 is 9.67 Å². The highest BCUT2D eigenvalue weighted by atomic mass is 16.4. The number of carboxylic acid groups (broad SMARTS) is 1. The summed E-state index contributed by atoms with van der Waals surface area (Å²) >= 11 is 0. The van der Waals surface area contributed by atoms with Crippen molar-refractivity contribution in [3.05, 3.63) is 23.5 Å². The van der Waals surface area contributed by atoms with Gasteiger partial charge in [0.1, 0.15) is 5.78 Å². The lowest BCUT2D eigenvalue weighted by atomic mass is 10.1. The molecule has 1 saturated carbocycles. The molecule has 1 heterocycles. The molecule has 4 nitrogen and oxygen atoms in total. The molecule has 16 heavy (non-hydrogen) atoms. The van der Waals surface area contributed by atoms with E-state index in [1.165, 1.54) is 0 Å². The number of carbonyl (C=O) groups excluding carboxylic acids is 1. The summed E-state index contributed by atoms with van der Waals surface area (Å²) in [6.45, 7) is 2.15. The van der Waals surface area contributed by atoms with Crippen LogP contribution in [0, 0.1) is 0 Å². The van der Waals surface area contributed by atoms with Gasteiger partial charge in [-0.15, -0.1) is 0 Å². The summed E-state index contributed by atoms with van der Waals surface area (Å²) in [5.74, 6) is -0.358. The second kappa shape index (κ2) is 4.12. The Kier molecular flexibility index (Phi) is 2.81. The van der Waals surface area contributed by atoms with E-state index in [1.54, 1.807) is 19.2 Å². The van der Waals surface area contributed by atoms with Crippen molar-refractivity contribution in [2.45, 2.75) is 38.6 Å². The predicted octanol–water partition coefficient (Wildman–Crippen LogP) is 2.04. The molecular formula is C12H15NO3. The summed E-state index contributed by atoms with van der Waals surface area (Å²) in [7, 11) is 0. The van der Waals surface area contributed by atoms with E-state index in [-0.39, 0.29) is 5.78 Å². The van der Waals surface area contributed by atoms with E-state index in [9.17, 15) is 9.59 Å². The molecule has 0 saturated heterocycles. The van der Waals surface area contributed by atoms with Gasteiger partial charge in [0.2, 0.25) is 0 Å². The SMILES string of the molecule is CC(=O)CCn1ccc(C(=O)O)c1C1CC1. The highest BCUT2D eigenvalue weighted by Crippen LogP contribution is 2.42. The molecule has 1 N–H and O–H groups in total. The smallest absolute Gasteiger partial charge is 0.337 e. The molecule has 0 amide bonds. The van der Waals surface area contributed by atoms with Crippen LogP contribution in [0.15, 0.2) is 12.3 Å². The number of rotatable bonds is 5. The Balaban J connectivity index is 2.23. The molecule has 1 aliphatic rings. The highest BCUT2D eigenvalue weighted by Gasteiger charge is 2.31. The fourth-order valence-corrected chi connectivity index (χ4v) is 1.95. The molecule has 86 valence electrons. The molecule has 0 spiro atoms. The number of carbonyl (C=O) groups is 2. The summed E-state index contributed by atoms with van der Waals surface area (Å²) in [5, 5.41) is 9.05. The first-order valence-electron chi connectivity index (χ1n) is 5.51. The maximum atomic E-state index is 11.0. The number of carboxylic acids is 1. The topological polar surface area (TPSA) is 59.3 Å². The summed E-state index contributed by atoms with van der Waals surface area (Å²) in [6.07, 6.45) is 4.36. The molecule has 1 aromatic heterocycles. The Morgan fingerprint density at radius 1 is 1.50 bits per heavy atom. The number of Topliss-reactive ketones (excluding diaryl/α,β-unsaturated/α-hetero) is 1. The number of hydrogen-bond donors (Lipinski definition) is 1. The fraction of sp³-hybridized carbons (Fsp3) is 0.500. The van der Waals surface area contributed by atoms with E-state index in [4.69, 9.17) is 5.11 Å². The van der Waals surface area contributed by atoms with Crippen LogP contribution in [0.2, 0.25) is 0 Å². The molecule has 1 aromatic rings. The molecule has 1 fully saturated rings. The minimum absolute atomic E-state index is 0.132. The van der Waals surface area contributed by atoms with Crippen molar-refractivity contribution in [3.8, 4) is 0 Å². The Morgan fingerprint density at radius 3 is 2.69 bits per heavy atom. The van der Waals surface area contributed by atoms with Gasteiger partial charge in [0.05, 0.1) is 5.56 Å². The molecular weight excluding hydrogens is 206 g/mol. The van der Waals surface area contributed by atoms with Crippen molar-refractivity contribution in [3.63, 3.8) is 0 Å². The summed E-state index contributed by atoms with van der Waals surface area (Å²) in [5.41, 5.74) is 1.29. The second-order valence-corrected chi connectivity index (χ2v) is 4.34. The van der Waals surface area contributed by atoms with E-state index in [0.29, 0.717) is 24.4 Å². The van der Waals surface area contributed by atoms with Crippen molar-refractivity contribution >= 4 is 11.8 Å². The van der Waals surface area contributed by atoms with Crippen LogP contribution in [0.3, 0.4) is 0 Å². The molecule has 0 aromatic carbocycles. The van der Waals surface area contributed by atoms with Gasteiger partial charge in [-0.1, -0.05) is 0 Å². The van der Waals surface area contributed by atoms with Gasteiger partial charge in [-0.25, -0.2) is 4.79 Å².